The van der Waals surface area contributed by atoms with Crippen molar-refractivity contribution in [3.8, 4) is 0 Å². The van der Waals surface area contributed by atoms with E-state index >= 15 is 0 Å². The molecule has 0 bridgehead atoms. The quantitative estimate of drug-likeness (QED) is 0.842. The van der Waals surface area contributed by atoms with E-state index in [4.69, 9.17) is 0 Å². The van der Waals surface area contributed by atoms with Crippen molar-refractivity contribution in [2.45, 2.75) is 38.9 Å². The van der Waals surface area contributed by atoms with Crippen LogP contribution in [0.5, 0.6) is 0 Å². The molecule has 20 heavy (non-hydrogen) atoms. The minimum Gasteiger partial charge on any atom is -0.326 e. The van der Waals surface area contributed by atoms with Crippen molar-refractivity contribution in [2.75, 3.05) is 11.9 Å². The summed E-state index contributed by atoms with van der Waals surface area (Å²) < 4.78 is 37.1. The number of benzene rings is 1. The van der Waals surface area contributed by atoms with E-state index in [-0.39, 0.29) is 12.3 Å². The third-order valence-electron chi connectivity index (χ3n) is 2.95. The van der Waals surface area contributed by atoms with E-state index in [1.165, 1.54) is 12.1 Å². The first-order valence-electron chi connectivity index (χ1n) is 6.53. The molecule has 1 aromatic carbocycles. The lowest BCUT2D eigenvalue weighted by Gasteiger charge is -2.11. The van der Waals surface area contributed by atoms with Crippen LogP contribution in [-0.2, 0) is 11.0 Å². The van der Waals surface area contributed by atoms with Crippen LogP contribution < -0.4 is 10.6 Å². The Labute approximate surface area is 116 Å². The molecule has 0 saturated heterocycles. The maximum atomic E-state index is 12.4. The van der Waals surface area contributed by atoms with Gasteiger partial charge in [-0.2, -0.15) is 13.2 Å². The molecule has 1 atom stereocenters. The topological polar surface area (TPSA) is 41.1 Å². The summed E-state index contributed by atoms with van der Waals surface area (Å²) in [6, 6.07) is 4.75. The van der Waals surface area contributed by atoms with Gasteiger partial charge < -0.3 is 10.6 Å². The van der Waals surface area contributed by atoms with E-state index in [0.717, 1.165) is 18.6 Å². The van der Waals surface area contributed by atoms with Crippen molar-refractivity contribution in [3.05, 3.63) is 29.8 Å². The molecule has 3 nitrogen and oxygen atoms in total. The van der Waals surface area contributed by atoms with Crippen LogP contribution in [0.25, 0.3) is 0 Å². The third kappa shape index (κ3) is 5.61. The highest BCUT2D eigenvalue weighted by Crippen LogP contribution is 2.29. The van der Waals surface area contributed by atoms with Crippen LogP contribution in [0, 0.1) is 0 Å². The van der Waals surface area contributed by atoms with Crippen LogP contribution in [0.3, 0.4) is 0 Å². The van der Waals surface area contributed by atoms with Crippen LogP contribution >= 0.6 is 0 Å². The number of halogens is 3. The second kappa shape index (κ2) is 7.28. The number of carbonyl (C=O) groups excluding carboxylic acids is 1. The fourth-order valence-electron chi connectivity index (χ4n) is 1.54. The first kappa shape index (κ1) is 16.5. The Kier molecular flexibility index (Phi) is 6.01. The zero-order valence-electron chi connectivity index (χ0n) is 11.6. The van der Waals surface area contributed by atoms with E-state index in [0.29, 0.717) is 18.3 Å². The van der Waals surface area contributed by atoms with Crippen molar-refractivity contribution in [1.82, 2.24) is 5.32 Å². The van der Waals surface area contributed by atoms with Gasteiger partial charge in [-0.3, -0.25) is 4.79 Å². The molecule has 0 fully saturated rings. The lowest BCUT2D eigenvalue weighted by molar-refractivity contribution is -0.137. The molecule has 0 heterocycles. The number of rotatable bonds is 6. The lowest BCUT2D eigenvalue weighted by atomic mass is 10.2. The smallest absolute Gasteiger partial charge is 0.326 e. The van der Waals surface area contributed by atoms with Gasteiger partial charge in [-0.15, -0.1) is 0 Å². The molecule has 1 aromatic rings. The number of hydrogen-bond acceptors (Lipinski definition) is 2. The number of alkyl halides is 3. The highest BCUT2D eigenvalue weighted by Gasteiger charge is 2.29. The number of nitrogens with one attached hydrogen (secondary N) is 2. The maximum absolute atomic E-state index is 12.4. The number of anilines is 1. The van der Waals surface area contributed by atoms with Gasteiger partial charge in [0.15, 0.2) is 0 Å². The molecule has 1 amide bonds. The van der Waals surface area contributed by atoms with Crippen LogP contribution in [0.4, 0.5) is 18.9 Å². The monoisotopic (exact) mass is 288 g/mol. The third-order valence-corrected chi connectivity index (χ3v) is 2.95. The summed E-state index contributed by atoms with van der Waals surface area (Å²) >= 11 is 0. The molecule has 0 saturated carbocycles. The van der Waals surface area contributed by atoms with Crippen LogP contribution in [0.1, 0.15) is 32.3 Å². The van der Waals surface area contributed by atoms with Gasteiger partial charge in [0.05, 0.1) is 5.56 Å². The van der Waals surface area contributed by atoms with Crippen LogP contribution in [0.15, 0.2) is 24.3 Å². The van der Waals surface area contributed by atoms with Crippen molar-refractivity contribution < 1.29 is 18.0 Å². The molecular formula is C14H19F3N2O. The standard InChI is InChI=1S/C14H19F3N2O/c1-3-10(2)18-9-8-13(20)19-12-6-4-11(5-7-12)14(15,16)17/h4-7,10,18H,3,8-9H2,1-2H3,(H,19,20). The molecule has 0 aromatic heterocycles. The fraction of sp³-hybridized carbons (Fsp3) is 0.500. The molecule has 0 aliphatic rings. The molecule has 0 aliphatic heterocycles. The summed E-state index contributed by atoms with van der Waals surface area (Å²) in [5.74, 6) is -0.222. The van der Waals surface area contributed by atoms with Gasteiger partial charge in [-0.1, -0.05) is 6.92 Å². The summed E-state index contributed by atoms with van der Waals surface area (Å²) in [5, 5.41) is 5.73. The molecule has 0 spiro atoms. The largest absolute Gasteiger partial charge is 0.416 e. The molecule has 112 valence electrons. The van der Waals surface area contributed by atoms with Crippen molar-refractivity contribution >= 4 is 11.6 Å². The van der Waals surface area contributed by atoms with E-state index < -0.39 is 11.7 Å². The molecule has 2 N–H and O–H groups in total. The predicted molar refractivity (Wildman–Crippen MR) is 72.4 cm³/mol. The first-order chi connectivity index (χ1) is 9.32. The Morgan fingerprint density at radius 1 is 1.25 bits per heavy atom. The number of hydrogen-bond donors (Lipinski definition) is 2. The highest BCUT2D eigenvalue weighted by atomic mass is 19.4. The Hall–Kier alpha value is -1.56. The second-order valence-electron chi connectivity index (χ2n) is 4.64. The molecule has 0 aliphatic carbocycles. The molecule has 6 heteroatoms. The van der Waals surface area contributed by atoms with Crippen molar-refractivity contribution in [3.63, 3.8) is 0 Å². The average Bonchev–Trinajstić information content (AvgIpc) is 2.38. The maximum Gasteiger partial charge on any atom is 0.416 e. The summed E-state index contributed by atoms with van der Waals surface area (Å²) in [6.07, 6.45) is -3.10. The van der Waals surface area contributed by atoms with Gasteiger partial charge in [-0.25, -0.2) is 0 Å². The van der Waals surface area contributed by atoms with Gasteiger partial charge in [0.1, 0.15) is 0 Å². The van der Waals surface area contributed by atoms with Crippen molar-refractivity contribution in [1.29, 1.82) is 0 Å². The summed E-state index contributed by atoms with van der Waals surface area (Å²) in [6.45, 7) is 4.61. The van der Waals surface area contributed by atoms with E-state index in [1.807, 2.05) is 13.8 Å². The summed E-state index contributed by atoms with van der Waals surface area (Å²) in [7, 11) is 0. The van der Waals surface area contributed by atoms with E-state index in [2.05, 4.69) is 10.6 Å². The van der Waals surface area contributed by atoms with E-state index in [1.54, 1.807) is 0 Å². The van der Waals surface area contributed by atoms with Crippen LogP contribution in [-0.4, -0.2) is 18.5 Å². The Balaban J connectivity index is 2.43. The van der Waals surface area contributed by atoms with Crippen LogP contribution in [0.2, 0.25) is 0 Å². The minimum atomic E-state index is -4.36. The van der Waals surface area contributed by atoms with E-state index in [9.17, 15) is 18.0 Å². The van der Waals surface area contributed by atoms with Gasteiger partial charge in [0.25, 0.3) is 0 Å². The predicted octanol–water partition coefficient (Wildman–Crippen LogP) is 3.42. The zero-order valence-corrected chi connectivity index (χ0v) is 11.6. The number of carbonyl (C=O) groups is 1. The Morgan fingerprint density at radius 3 is 2.35 bits per heavy atom. The fourth-order valence-corrected chi connectivity index (χ4v) is 1.54. The van der Waals surface area contributed by atoms with Gasteiger partial charge in [-0.05, 0) is 37.6 Å². The Morgan fingerprint density at radius 2 is 1.85 bits per heavy atom. The van der Waals surface area contributed by atoms with Gasteiger partial charge >= 0.3 is 6.18 Å². The zero-order chi connectivity index (χ0) is 15.2. The van der Waals surface area contributed by atoms with Gasteiger partial charge in [0, 0.05) is 24.7 Å². The second-order valence-corrected chi connectivity index (χ2v) is 4.64. The average molecular weight is 288 g/mol. The summed E-state index contributed by atoms with van der Waals surface area (Å²) in [5.41, 5.74) is -0.361. The highest BCUT2D eigenvalue weighted by molar-refractivity contribution is 5.90. The molecule has 1 rings (SSSR count). The Bertz CT molecular complexity index is 429. The summed E-state index contributed by atoms with van der Waals surface area (Å²) in [4.78, 5) is 11.6. The minimum absolute atomic E-state index is 0.222. The molecular weight excluding hydrogens is 269 g/mol. The molecule has 1 unspecified atom stereocenters. The molecule has 0 radical (unpaired) electrons. The SMILES string of the molecule is CCC(C)NCCC(=O)Nc1ccc(C(F)(F)F)cc1. The number of amides is 1. The normalized spacial score (nSPS) is 13.1. The lowest BCUT2D eigenvalue weighted by Crippen LogP contribution is -2.28. The first-order valence-corrected chi connectivity index (χ1v) is 6.53. The van der Waals surface area contributed by atoms with Gasteiger partial charge in [0.2, 0.25) is 5.91 Å². The van der Waals surface area contributed by atoms with Crippen molar-refractivity contribution in [2.24, 2.45) is 0 Å².